The minimum Gasteiger partial charge on any atom is -0.355 e. The van der Waals surface area contributed by atoms with Gasteiger partial charge in [-0.1, -0.05) is 19.8 Å². The van der Waals surface area contributed by atoms with Crippen molar-refractivity contribution in [1.82, 2.24) is 15.3 Å². The normalized spacial score (nSPS) is 19.5. The molecule has 36 heavy (non-hydrogen) atoms. The Bertz CT molecular complexity index is 1380. The van der Waals surface area contributed by atoms with E-state index in [2.05, 4.69) is 69.3 Å². The summed E-state index contributed by atoms with van der Waals surface area (Å²) in [5, 5.41) is 8.21. The van der Waals surface area contributed by atoms with Crippen LogP contribution in [-0.4, -0.2) is 47.0 Å². The van der Waals surface area contributed by atoms with E-state index in [0.29, 0.717) is 5.69 Å². The Morgan fingerprint density at radius 1 is 1.25 bits per heavy atom. The molecule has 1 unspecified atom stereocenters. The van der Waals surface area contributed by atoms with E-state index in [-0.39, 0.29) is 11.0 Å². The number of fused-ring (bicyclic) bond motifs is 2. The monoisotopic (exact) mass is 481 g/mol. The molecule has 1 fully saturated rings. The maximum absolute atomic E-state index is 11.8. The van der Waals surface area contributed by atoms with Crippen molar-refractivity contribution < 1.29 is 0 Å². The second-order valence-corrected chi connectivity index (χ2v) is 11.1. The number of benzene rings is 1. The van der Waals surface area contributed by atoms with Crippen LogP contribution in [0, 0.1) is 11.8 Å². The molecule has 0 amide bonds. The first-order chi connectivity index (χ1) is 17.1. The van der Waals surface area contributed by atoms with Crippen molar-refractivity contribution in [2.75, 3.05) is 18.0 Å². The minimum absolute atomic E-state index is 0.0258. The molecule has 0 saturated carbocycles. The highest BCUT2D eigenvalue weighted by atomic mass is 16.3. The van der Waals surface area contributed by atoms with E-state index >= 15 is 0 Å². The van der Waals surface area contributed by atoms with Gasteiger partial charge in [-0.3, -0.25) is 4.99 Å². The van der Waals surface area contributed by atoms with Gasteiger partial charge in [-0.15, -0.1) is 4.91 Å². The van der Waals surface area contributed by atoms with Crippen molar-refractivity contribution in [2.24, 2.45) is 10.2 Å². The predicted octanol–water partition coefficient (Wildman–Crippen LogP) is 6.09. The number of pyridine rings is 2. The molecule has 7 nitrogen and oxygen atoms in total. The van der Waals surface area contributed by atoms with Gasteiger partial charge >= 0.3 is 0 Å². The van der Waals surface area contributed by atoms with Crippen molar-refractivity contribution >= 4 is 41.1 Å². The number of aliphatic imine (C=N–C) groups is 1. The van der Waals surface area contributed by atoms with E-state index in [4.69, 9.17) is 15.0 Å². The van der Waals surface area contributed by atoms with Crippen LogP contribution in [-0.2, 0) is 6.42 Å². The zero-order chi connectivity index (χ0) is 25.7. The number of nitrogens with zero attached hydrogens (tertiary/aromatic N) is 5. The number of hydrogen-bond acceptors (Lipinski definition) is 7. The predicted molar refractivity (Wildman–Crippen MR) is 150 cm³/mol. The second kappa shape index (κ2) is 9.07. The Balaban J connectivity index is 1.45. The van der Waals surface area contributed by atoms with E-state index in [1.54, 1.807) is 0 Å². The van der Waals surface area contributed by atoms with Gasteiger partial charge in [-0.05, 0) is 69.5 Å². The van der Waals surface area contributed by atoms with Crippen LogP contribution in [0.15, 0.2) is 40.6 Å². The molecule has 1 saturated heterocycles. The molecule has 2 aromatic heterocycles. The Labute approximate surface area is 214 Å². The summed E-state index contributed by atoms with van der Waals surface area (Å²) in [6, 6.07) is 8.20. The molecule has 4 heterocycles. The van der Waals surface area contributed by atoms with E-state index in [9.17, 15) is 4.91 Å². The average molecular weight is 481 g/mol. The Morgan fingerprint density at radius 2 is 2.06 bits per heavy atom. The van der Waals surface area contributed by atoms with Gasteiger partial charge in [0.25, 0.3) is 0 Å². The smallest absolute Gasteiger partial charge is 0.136 e. The Hall–Kier alpha value is -3.13. The zero-order valence-electron chi connectivity index (χ0n) is 22.1. The van der Waals surface area contributed by atoms with Gasteiger partial charge in [0.1, 0.15) is 18.8 Å². The van der Waals surface area contributed by atoms with Gasteiger partial charge in [0.05, 0.1) is 23.1 Å². The molecule has 1 radical (unpaired) electrons. The lowest BCUT2D eigenvalue weighted by atomic mass is 9.59. The van der Waals surface area contributed by atoms with Crippen molar-refractivity contribution in [3.8, 4) is 11.3 Å². The van der Waals surface area contributed by atoms with Crippen molar-refractivity contribution in [1.29, 1.82) is 0 Å². The van der Waals surface area contributed by atoms with Crippen LogP contribution in [0.4, 0.5) is 17.2 Å². The van der Waals surface area contributed by atoms with Crippen LogP contribution in [0.2, 0.25) is 6.82 Å². The average Bonchev–Trinajstić information content (AvgIpc) is 3.47. The molecular formula is C28H34BN6O. The largest absolute Gasteiger partial charge is 0.355 e. The lowest BCUT2D eigenvalue weighted by molar-refractivity contribution is 0.339. The summed E-state index contributed by atoms with van der Waals surface area (Å²) in [6.07, 6.45) is 4.60. The van der Waals surface area contributed by atoms with Crippen LogP contribution in [0.5, 0.6) is 0 Å². The maximum Gasteiger partial charge on any atom is 0.136 e. The van der Waals surface area contributed by atoms with E-state index in [1.165, 1.54) is 0 Å². The van der Waals surface area contributed by atoms with Crippen LogP contribution >= 0.6 is 0 Å². The number of hydrogen-bond donors (Lipinski definition) is 1. The molecule has 8 heteroatoms. The SMILES string of the molecule is C[B]C1(NC(C)(C)C)CCN(c2cc3ccc(-c4cc5c(c(C)c4N=O)N=C(CC)C5)nc3cn2)C1. The lowest BCUT2D eigenvalue weighted by Gasteiger charge is -2.37. The molecule has 185 valence electrons. The summed E-state index contributed by atoms with van der Waals surface area (Å²) in [4.78, 5) is 28.6. The summed E-state index contributed by atoms with van der Waals surface area (Å²) < 4.78 is 0. The molecule has 5 rings (SSSR count). The molecule has 1 N–H and O–H groups in total. The molecule has 0 bridgehead atoms. The quantitative estimate of drug-likeness (QED) is 0.340. The van der Waals surface area contributed by atoms with Crippen LogP contribution < -0.4 is 10.2 Å². The number of nitrogens with one attached hydrogen (secondary N) is 1. The van der Waals surface area contributed by atoms with Gasteiger partial charge in [0.2, 0.25) is 0 Å². The lowest BCUT2D eigenvalue weighted by Crippen LogP contribution is -2.58. The molecule has 2 aliphatic rings. The van der Waals surface area contributed by atoms with Gasteiger partial charge in [-0.25, -0.2) is 9.97 Å². The third-order valence-corrected chi connectivity index (χ3v) is 7.39. The van der Waals surface area contributed by atoms with Crippen molar-refractivity contribution in [2.45, 2.75) is 71.7 Å². The highest BCUT2D eigenvalue weighted by Gasteiger charge is 2.39. The topological polar surface area (TPSA) is 82.8 Å². The fraction of sp³-hybridized carbons (Fsp3) is 0.464. The summed E-state index contributed by atoms with van der Waals surface area (Å²) in [6.45, 7) is 14.6. The van der Waals surface area contributed by atoms with E-state index in [0.717, 1.165) is 82.9 Å². The van der Waals surface area contributed by atoms with Gasteiger partial charge in [0, 0.05) is 52.7 Å². The number of anilines is 1. The molecule has 0 aliphatic carbocycles. The van der Waals surface area contributed by atoms with Crippen LogP contribution in [0.25, 0.3) is 22.2 Å². The number of nitroso groups, excluding NO2 is 1. The summed E-state index contributed by atoms with van der Waals surface area (Å²) in [5.41, 5.74) is 6.71. The summed E-state index contributed by atoms with van der Waals surface area (Å²) in [5.74, 6) is 0.962. The second-order valence-electron chi connectivity index (χ2n) is 11.1. The molecule has 1 atom stereocenters. The van der Waals surface area contributed by atoms with Crippen LogP contribution in [0.3, 0.4) is 0 Å². The highest BCUT2D eigenvalue weighted by molar-refractivity contribution is 6.39. The maximum atomic E-state index is 11.8. The van der Waals surface area contributed by atoms with E-state index < -0.39 is 0 Å². The zero-order valence-corrected chi connectivity index (χ0v) is 22.1. The third-order valence-electron chi connectivity index (χ3n) is 7.39. The molecule has 3 aromatic rings. The highest BCUT2D eigenvalue weighted by Crippen LogP contribution is 2.43. The molecule has 2 aliphatic heterocycles. The van der Waals surface area contributed by atoms with Gasteiger partial charge in [0.15, 0.2) is 0 Å². The molecule has 1 aromatic carbocycles. The first kappa shape index (κ1) is 24.6. The van der Waals surface area contributed by atoms with Crippen molar-refractivity contribution in [3.63, 3.8) is 0 Å². The van der Waals surface area contributed by atoms with Gasteiger partial charge in [-0.2, -0.15) is 0 Å². The summed E-state index contributed by atoms with van der Waals surface area (Å²) in [7, 11) is 2.29. The molecule has 0 spiro atoms. The third kappa shape index (κ3) is 4.43. The first-order valence-electron chi connectivity index (χ1n) is 12.8. The Kier molecular flexibility index (Phi) is 6.19. The standard InChI is InChI=1S/C28H34BN6O/c1-7-20-12-19-13-21(26(33-36)17(2)25(19)31-20)22-9-8-18-14-24(30-15-23(18)32-22)35-11-10-28(16-35,29-6)34-27(3,4)5/h8-9,13-15,34H,7,10-12,16H2,1-6H3. The fourth-order valence-electron chi connectivity index (χ4n) is 5.61. The fourth-order valence-corrected chi connectivity index (χ4v) is 5.61. The van der Waals surface area contributed by atoms with Crippen molar-refractivity contribution in [3.05, 3.63) is 46.5 Å². The Morgan fingerprint density at radius 3 is 2.75 bits per heavy atom. The number of aromatic nitrogens is 2. The van der Waals surface area contributed by atoms with Crippen LogP contribution in [0.1, 0.15) is 51.7 Å². The number of rotatable bonds is 6. The minimum atomic E-state index is -0.0258. The molecular weight excluding hydrogens is 447 g/mol. The first-order valence-corrected chi connectivity index (χ1v) is 12.8. The van der Waals surface area contributed by atoms with E-state index in [1.807, 2.05) is 25.3 Å². The van der Waals surface area contributed by atoms with Gasteiger partial charge < -0.3 is 10.2 Å². The summed E-state index contributed by atoms with van der Waals surface area (Å²) >= 11 is 0.